The average Bonchev–Trinajstić information content (AvgIpc) is 2.27. The van der Waals surface area contributed by atoms with Gasteiger partial charge in [-0.15, -0.1) is 0 Å². The number of aromatic nitrogens is 1. The Bertz CT molecular complexity index is 294. The lowest BCUT2D eigenvalue weighted by Gasteiger charge is -2.08. The fourth-order valence-corrected chi connectivity index (χ4v) is 1.87. The van der Waals surface area contributed by atoms with E-state index in [1.807, 2.05) is 19.2 Å². The maximum absolute atomic E-state index is 8.90. The molecular weight excluding hydrogens is 208 g/mol. The molecule has 0 fully saturated rings. The molecule has 1 rings (SSSR count). The predicted molar refractivity (Wildman–Crippen MR) is 66.2 cm³/mol. The molecule has 4 heteroatoms. The number of anilines is 1. The van der Waals surface area contributed by atoms with Gasteiger partial charge in [-0.3, -0.25) is 4.98 Å². The predicted octanol–water partition coefficient (Wildman–Crippen LogP) is 2.13. The Hall–Kier alpha value is -0.740. The monoisotopic (exact) mass is 226 g/mol. The average molecular weight is 226 g/mol. The van der Waals surface area contributed by atoms with Crippen molar-refractivity contribution < 1.29 is 5.11 Å². The first-order valence-electron chi connectivity index (χ1n) is 5.17. The Kier molecular flexibility index (Phi) is 5.50. The molecule has 1 heterocycles. The summed E-state index contributed by atoms with van der Waals surface area (Å²) in [7, 11) is 0. The highest BCUT2D eigenvalue weighted by Gasteiger charge is 2.02. The number of pyridine rings is 1. The Morgan fingerprint density at radius 3 is 3.07 bits per heavy atom. The zero-order valence-electron chi connectivity index (χ0n) is 9.23. The molecule has 1 aromatic rings. The van der Waals surface area contributed by atoms with Crippen LogP contribution in [0.3, 0.4) is 0 Å². The molecule has 0 radical (unpaired) electrons. The highest BCUT2D eigenvalue weighted by atomic mass is 32.2. The maximum atomic E-state index is 8.90. The van der Waals surface area contributed by atoms with Crippen LogP contribution in [0.15, 0.2) is 18.3 Å². The van der Waals surface area contributed by atoms with Gasteiger partial charge in [0.05, 0.1) is 12.3 Å². The van der Waals surface area contributed by atoms with E-state index in [-0.39, 0.29) is 11.9 Å². The van der Waals surface area contributed by atoms with Crippen LogP contribution in [0.2, 0.25) is 0 Å². The molecule has 3 nitrogen and oxygen atoms in total. The van der Waals surface area contributed by atoms with Gasteiger partial charge in [0.15, 0.2) is 0 Å². The van der Waals surface area contributed by atoms with Gasteiger partial charge in [-0.25, -0.2) is 0 Å². The van der Waals surface area contributed by atoms with Crippen molar-refractivity contribution in [3.63, 3.8) is 0 Å². The van der Waals surface area contributed by atoms with Gasteiger partial charge in [-0.05, 0) is 19.1 Å². The van der Waals surface area contributed by atoms with Crippen LogP contribution in [0.4, 0.5) is 5.69 Å². The van der Waals surface area contributed by atoms with Crippen molar-refractivity contribution in [2.45, 2.75) is 24.9 Å². The molecule has 0 saturated heterocycles. The standard InChI is InChI=1S/C11H18N2OS/c1-3-12-10-4-5-13-11(6-10)8-15-9(2)7-14/h4-6,9,14H,3,7-8H2,1-2H3,(H,12,13). The Labute approximate surface area is 95.3 Å². The summed E-state index contributed by atoms with van der Waals surface area (Å²) in [5, 5.41) is 12.4. The van der Waals surface area contributed by atoms with E-state index in [2.05, 4.69) is 23.3 Å². The second kappa shape index (κ2) is 6.69. The third-order valence-electron chi connectivity index (χ3n) is 1.97. The van der Waals surface area contributed by atoms with Crippen LogP contribution in [0.5, 0.6) is 0 Å². The van der Waals surface area contributed by atoms with Crippen LogP contribution in [0.25, 0.3) is 0 Å². The largest absolute Gasteiger partial charge is 0.395 e. The van der Waals surface area contributed by atoms with Crippen molar-refractivity contribution in [1.29, 1.82) is 0 Å². The number of rotatable bonds is 6. The van der Waals surface area contributed by atoms with Gasteiger partial charge < -0.3 is 10.4 Å². The molecule has 0 aromatic carbocycles. The van der Waals surface area contributed by atoms with E-state index in [1.54, 1.807) is 11.8 Å². The van der Waals surface area contributed by atoms with Crippen molar-refractivity contribution in [3.05, 3.63) is 24.0 Å². The third-order valence-corrected chi connectivity index (χ3v) is 3.15. The van der Waals surface area contributed by atoms with Crippen molar-refractivity contribution in [2.75, 3.05) is 18.5 Å². The van der Waals surface area contributed by atoms with E-state index in [4.69, 9.17) is 5.11 Å². The number of hydrogen-bond donors (Lipinski definition) is 2. The van der Waals surface area contributed by atoms with E-state index in [0.717, 1.165) is 23.7 Å². The smallest absolute Gasteiger partial charge is 0.0547 e. The second-order valence-electron chi connectivity index (χ2n) is 3.37. The maximum Gasteiger partial charge on any atom is 0.0547 e. The fourth-order valence-electron chi connectivity index (χ4n) is 1.15. The topological polar surface area (TPSA) is 45.2 Å². The van der Waals surface area contributed by atoms with Gasteiger partial charge in [0.25, 0.3) is 0 Å². The van der Waals surface area contributed by atoms with E-state index in [0.29, 0.717) is 0 Å². The Morgan fingerprint density at radius 2 is 2.40 bits per heavy atom. The molecule has 1 unspecified atom stereocenters. The van der Waals surface area contributed by atoms with Gasteiger partial charge >= 0.3 is 0 Å². The number of thioether (sulfide) groups is 1. The summed E-state index contributed by atoms with van der Waals surface area (Å²) < 4.78 is 0. The van der Waals surface area contributed by atoms with Gasteiger partial charge in [0.2, 0.25) is 0 Å². The van der Waals surface area contributed by atoms with Crippen LogP contribution < -0.4 is 5.32 Å². The van der Waals surface area contributed by atoms with Crippen molar-refractivity contribution >= 4 is 17.4 Å². The van der Waals surface area contributed by atoms with Gasteiger partial charge in [-0.2, -0.15) is 11.8 Å². The molecule has 2 N–H and O–H groups in total. The summed E-state index contributed by atoms with van der Waals surface area (Å²) in [6.07, 6.45) is 1.82. The quantitative estimate of drug-likeness (QED) is 0.780. The summed E-state index contributed by atoms with van der Waals surface area (Å²) in [6, 6.07) is 4.02. The van der Waals surface area contributed by atoms with Gasteiger partial charge in [0, 0.05) is 29.4 Å². The summed E-state index contributed by atoms with van der Waals surface area (Å²) >= 11 is 1.72. The molecule has 0 bridgehead atoms. The zero-order valence-corrected chi connectivity index (χ0v) is 10.0. The van der Waals surface area contributed by atoms with Crippen LogP contribution >= 0.6 is 11.8 Å². The molecule has 0 spiro atoms. The summed E-state index contributed by atoms with van der Waals surface area (Å²) in [5.74, 6) is 0.848. The first kappa shape index (κ1) is 12.3. The molecule has 0 saturated carbocycles. The minimum atomic E-state index is 0.220. The molecule has 15 heavy (non-hydrogen) atoms. The lowest BCUT2D eigenvalue weighted by atomic mass is 10.3. The number of aliphatic hydroxyl groups excluding tert-OH is 1. The molecule has 84 valence electrons. The highest BCUT2D eigenvalue weighted by Crippen LogP contribution is 2.17. The second-order valence-corrected chi connectivity index (χ2v) is 4.80. The zero-order chi connectivity index (χ0) is 11.1. The van der Waals surface area contributed by atoms with E-state index < -0.39 is 0 Å². The summed E-state index contributed by atoms with van der Waals surface area (Å²) in [5.41, 5.74) is 2.17. The molecular formula is C11H18N2OS. The summed E-state index contributed by atoms with van der Waals surface area (Å²) in [6.45, 7) is 5.22. The van der Waals surface area contributed by atoms with Crippen LogP contribution in [0, 0.1) is 0 Å². The lowest BCUT2D eigenvalue weighted by Crippen LogP contribution is -2.03. The molecule has 0 amide bonds. The van der Waals surface area contributed by atoms with E-state index in [9.17, 15) is 0 Å². The summed E-state index contributed by atoms with van der Waals surface area (Å²) in [4.78, 5) is 4.29. The number of aliphatic hydroxyl groups is 1. The molecule has 0 aliphatic carbocycles. The van der Waals surface area contributed by atoms with Crippen LogP contribution in [0.1, 0.15) is 19.5 Å². The minimum Gasteiger partial charge on any atom is -0.395 e. The van der Waals surface area contributed by atoms with Crippen molar-refractivity contribution in [3.8, 4) is 0 Å². The molecule has 0 aliphatic rings. The molecule has 0 aliphatic heterocycles. The number of nitrogens with one attached hydrogen (secondary N) is 1. The molecule has 1 aromatic heterocycles. The lowest BCUT2D eigenvalue weighted by molar-refractivity contribution is 0.300. The fraction of sp³-hybridized carbons (Fsp3) is 0.545. The van der Waals surface area contributed by atoms with Crippen molar-refractivity contribution in [2.24, 2.45) is 0 Å². The molecule has 1 atom stereocenters. The number of hydrogen-bond acceptors (Lipinski definition) is 4. The SMILES string of the molecule is CCNc1ccnc(CSC(C)CO)c1. The normalized spacial score (nSPS) is 12.5. The van der Waals surface area contributed by atoms with Crippen LogP contribution in [-0.2, 0) is 5.75 Å². The van der Waals surface area contributed by atoms with E-state index >= 15 is 0 Å². The number of nitrogens with zero attached hydrogens (tertiary/aromatic N) is 1. The Morgan fingerprint density at radius 1 is 1.60 bits per heavy atom. The minimum absolute atomic E-state index is 0.220. The Balaban J connectivity index is 2.50. The third kappa shape index (κ3) is 4.53. The first-order chi connectivity index (χ1) is 7.26. The first-order valence-corrected chi connectivity index (χ1v) is 6.22. The van der Waals surface area contributed by atoms with Gasteiger partial charge in [0.1, 0.15) is 0 Å². The highest BCUT2D eigenvalue weighted by molar-refractivity contribution is 7.99. The van der Waals surface area contributed by atoms with Gasteiger partial charge in [-0.1, -0.05) is 6.92 Å². The van der Waals surface area contributed by atoms with Crippen LogP contribution in [-0.4, -0.2) is 28.5 Å². The van der Waals surface area contributed by atoms with Crippen molar-refractivity contribution in [1.82, 2.24) is 4.98 Å². The van der Waals surface area contributed by atoms with E-state index in [1.165, 1.54) is 0 Å².